The van der Waals surface area contributed by atoms with Gasteiger partial charge in [0.2, 0.25) is 5.82 Å². The highest BCUT2D eigenvalue weighted by molar-refractivity contribution is 9.10. The number of halogens is 2. The molecule has 0 aliphatic carbocycles. The van der Waals surface area contributed by atoms with Crippen molar-refractivity contribution in [1.82, 2.24) is 10.1 Å². The fraction of sp³-hybridized carbons (Fsp3) is 0. The molecule has 3 aromatic rings. The van der Waals surface area contributed by atoms with E-state index in [0.717, 1.165) is 10.0 Å². The first-order valence-electron chi connectivity index (χ1n) is 5.98. The molecule has 0 bridgehead atoms. The van der Waals surface area contributed by atoms with Crippen LogP contribution in [0.5, 0.6) is 0 Å². The van der Waals surface area contributed by atoms with Crippen molar-refractivity contribution in [3.8, 4) is 28.9 Å². The molecule has 1 heterocycles. The molecule has 0 amide bonds. The third-order valence-electron chi connectivity index (χ3n) is 2.90. The Kier molecular flexibility index (Phi) is 3.50. The summed E-state index contributed by atoms with van der Waals surface area (Å²) in [5.74, 6) is -0.141. The van der Waals surface area contributed by atoms with Gasteiger partial charge in [0.1, 0.15) is 17.4 Å². The van der Waals surface area contributed by atoms with E-state index in [9.17, 15) is 4.39 Å². The predicted octanol–water partition coefficient (Wildman–Crippen LogP) is 4.18. The minimum Gasteiger partial charge on any atom is -0.334 e. The molecule has 0 spiro atoms. The minimum atomic E-state index is -0.615. The number of hydrogen-bond acceptors (Lipinski definition) is 4. The van der Waals surface area contributed by atoms with Gasteiger partial charge in [-0.15, -0.1) is 0 Å². The molecule has 0 atom stereocenters. The quantitative estimate of drug-likeness (QED) is 0.700. The molecular formula is C15H7BrFN3O. The van der Waals surface area contributed by atoms with Gasteiger partial charge in [0, 0.05) is 10.0 Å². The van der Waals surface area contributed by atoms with Gasteiger partial charge in [0.25, 0.3) is 5.89 Å². The van der Waals surface area contributed by atoms with Crippen molar-refractivity contribution in [3.63, 3.8) is 0 Å². The Morgan fingerprint density at radius 3 is 2.62 bits per heavy atom. The third-order valence-corrected chi connectivity index (χ3v) is 3.59. The zero-order valence-electron chi connectivity index (χ0n) is 10.5. The largest absolute Gasteiger partial charge is 0.334 e. The van der Waals surface area contributed by atoms with E-state index >= 15 is 0 Å². The van der Waals surface area contributed by atoms with Crippen molar-refractivity contribution >= 4 is 15.9 Å². The standard InChI is InChI=1S/C15H7BrFN3O/c16-12-6-2-1-4-10(12)14-19-15(21-20-14)9-5-3-7-13(17)11(9)8-18/h1-7H. The summed E-state index contributed by atoms with van der Waals surface area (Å²) in [5.41, 5.74) is 0.922. The van der Waals surface area contributed by atoms with E-state index in [2.05, 4.69) is 26.1 Å². The van der Waals surface area contributed by atoms with Crippen molar-refractivity contribution in [2.75, 3.05) is 0 Å². The summed E-state index contributed by atoms with van der Waals surface area (Å²) in [4.78, 5) is 4.24. The molecule has 0 saturated heterocycles. The van der Waals surface area contributed by atoms with Crippen molar-refractivity contribution in [3.05, 3.63) is 58.3 Å². The molecular weight excluding hydrogens is 337 g/mol. The Morgan fingerprint density at radius 1 is 1.10 bits per heavy atom. The lowest BCUT2D eigenvalue weighted by Crippen LogP contribution is -1.89. The van der Waals surface area contributed by atoms with Crippen LogP contribution in [0.3, 0.4) is 0 Å². The summed E-state index contributed by atoms with van der Waals surface area (Å²) < 4.78 is 19.6. The second-order valence-electron chi connectivity index (χ2n) is 4.18. The number of benzene rings is 2. The van der Waals surface area contributed by atoms with Gasteiger partial charge < -0.3 is 4.52 Å². The number of rotatable bonds is 2. The molecule has 4 nitrogen and oxygen atoms in total. The van der Waals surface area contributed by atoms with Gasteiger partial charge in [0.05, 0.1) is 5.56 Å². The minimum absolute atomic E-state index is 0.108. The van der Waals surface area contributed by atoms with Crippen LogP contribution in [-0.4, -0.2) is 10.1 Å². The number of aromatic nitrogens is 2. The van der Waals surface area contributed by atoms with Crippen LogP contribution in [0.25, 0.3) is 22.8 Å². The van der Waals surface area contributed by atoms with E-state index in [-0.39, 0.29) is 17.0 Å². The lowest BCUT2D eigenvalue weighted by Gasteiger charge is -1.98. The maximum Gasteiger partial charge on any atom is 0.259 e. The van der Waals surface area contributed by atoms with Gasteiger partial charge in [-0.2, -0.15) is 10.2 Å². The number of nitriles is 1. The molecule has 1 aromatic heterocycles. The summed E-state index contributed by atoms with van der Waals surface area (Å²) in [5, 5.41) is 12.9. The molecule has 0 radical (unpaired) electrons. The predicted molar refractivity (Wildman–Crippen MR) is 77.5 cm³/mol. The van der Waals surface area contributed by atoms with Crippen molar-refractivity contribution < 1.29 is 8.91 Å². The second kappa shape index (κ2) is 5.46. The van der Waals surface area contributed by atoms with Gasteiger partial charge in [-0.25, -0.2) is 4.39 Å². The maximum atomic E-state index is 13.6. The second-order valence-corrected chi connectivity index (χ2v) is 5.03. The fourth-order valence-electron chi connectivity index (χ4n) is 1.90. The Bertz CT molecular complexity index is 854. The summed E-state index contributed by atoms with van der Waals surface area (Å²) in [7, 11) is 0. The number of nitrogens with zero attached hydrogens (tertiary/aromatic N) is 3. The first kappa shape index (κ1) is 13.5. The molecule has 0 aliphatic rings. The lowest BCUT2D eigenvalue weighted by atomic mass is 10.1. The summed E-state index contributed by atoms with van der Waals surface area (Å²) in [6.45, 7) is 0. The molecule has 0 N–H and O–H groups in total. The van der Waals surface area contributed by atoms with E-state index in [1.54, 1.807) is 6.07 Å². The Balaban J connectivity index is 2.10. The van der Waals surface area contributed by atoms with E-state index in [1.807, 2.05) is 30.3 Å². The molecule has 0 saturated carbocycles. The molecule has 21 heavy (non-hydrogen) atoms. The average molecular weight is 344 g/mol. The Labute approximate surface area is 128 Å². The zero-order chi connectivity index (χ0) is 14.8. The van der Waals surface area contributed by atoms with Crippen molar-refractivity contribution in [1.29, 1.82) is 5.26 Å². The SMILES string of the molecule is N#Cc1c(F)cccc1-c1nc(-c2ccccc2Br)no1. The monoisotopic (exact) mass is 343 g/mol. The van der Waals surface area contributed by atoms with Gasteiger partial charge in [0.15, 0.2) is 0 Å². The maximum absolute atomic E-state index is 13.6. The summed E-state index contributed by atoms with van der Waals surface area (Å²) in [6, 6.07) is 13.5. The molecule has 0 unspecified atom stereocenters. The van der Waals surface area contributed by atoms with E-state index in [0.29, 0.717) is 5.82 Å². The first-order valence-corrected chi connectivity index (χ1v) is 6.77. The van der Waals surface area contributed by atoms with Crippen LogP contribution < -0.4 is 0 Å². The topological polar surface area (TPSA) is 62.7 Å². The van der Waals surface area contributed by atoms with Crippen LogP contribution in [0.15, 0.2) is 51.5 Å². The first-order chi connectivity index (χ1) is 10.2. The van der Waals surface area contributed by atoms with Gasteiger partial charge in [-0.1, -0.05) is 39.3 Å². The number of hydrogen-bond donors (Lipinski definition) is 0. The van der Waals surface area contributed by atoms with Gasteiger partial charge in [-0.3, -0.25) is 0 Å². The Morgan fingerprint density at radius 2 is 1.86 bits per heavy atom. The molecule has 0 fully saturated rings. The zero-order valence-corrected chi connectivity index (χ0v) is 12.1. The lowest BCUT2D eigenvalue weighted by molar-refractivity contribution is 0.432. The van der Waals surface area contributed by atoms with Gasteiger partial charge >= 0.3 is 0 Å². The molecule has 102 valence electrons. The highest BCUT2D eigenvalue weighted by Crippen LogP contribution is 2.29. The van der Waals surface area contributed by atoms with E-state index in [4.69, 9.17) is 9.78 Å². The molecule has 3 rings (SSSR count). The molecule has 2 aromatic carbocycles. The molecule has 6 heteroatoms. The highest BCUT2D eigenvalue weighted by atomic mass is 79.9. The van der Waals surface area contributed by atoms with E-state index < -0.39 is 5.82 Å². The van der Waals surface area contributed by atoms with Crippen molar-refractivity contribution in [2.45, 2.75) is 0 Å². The smallest absolute Gasteiger partial charge is 0.259 e. The van der Waals surface area contributed by atoms with Gasteiger partial charge in [-0.05, 0) is 24.3 Å². The van der Waals surface area contributed by atoms with Crippen LogP contribution >= 0.6 is 15.9 Å². The summed E-state index contributed by atoms with van der Waals surface area (Å²) >= 11 is 3.40. The fourth-order valence-corrected chi connectivity index (χ4v) is 2.36. The van der Waals surface area contributed by atoms with Crippen LogP contribution in [0.4, 0.5) is 4.39 Å². The van der Waals surface area contributed by atoms with Crippen LogP contribution in [0.1, 0.15) is 5.56 Å². The van der Waals surface area contributed by atoms with Crippen LogP contribution in [-0.2, 0) is 0 Å². The summed E-state index contributed by atoms with van der Waals surface area (Å²) in [6.07, 6.45) is 0. The highest BCUT2D eigenvalue weighted by Gasteiger charge is 2.17. The third kappa shape index (κ3) is 2.43. The van der Waals surface area contributed by atoms with Crippen molar-refractivity contribution in [2.24, 2.45) is 0 Å². The van der Waals surface area contributed by atoms with E-state index in [1.165, 1.54) is 12.1 Å². The normalized spacial score (nSPS) is 10.3. The average Bonchev–Trinajstić information content (AvgIpc) is 2.97. The van der Waals surface area contributed by atoms with Crippen LogP contribution in [0, 0.1) is 17.1 Å². The van der Waals surface area contributed by atoms with Crippen LogP contribution in [0.2, 0.25) is 0 Å². The Hall–Kier alpha value is -2.52. The molecule has 0 aliphatic heterocycles.